The summed E-state index contributed by atoms with van der Waals surface area (Å²) in [4.78, 5) is 0.282. The van der Waals surface area contributed by atoms with Crippen LogP contribution in [0.25, 0.3) is 0 Å². The van der Waals surface area contributed by atoms with Crippen molar-refractivity contribution in [3.8, 4) is 0 Å². The second kappa shape index (κ2) is 6.02. The van der Waals surface area contributed by atoms with Crippen molar-refractivity contribution in [3.63, 3.8) is 0 Å². The molecule has 1 aromatic carbocycles. The van der Waals surface area contributed by atoms with Crippen LogP contribution in [0.1, 0.15) is 30.9 Å². The number of halogens is 1. The third-order valence-electron chi connectivity index (χ3n) is 3.61. The smallest absolute Gasteiger partial charge is 0.241 e. The quantitative estimate of drug-likeness (QED) is 0.929. The Bertz CT molecular complexity index is 595. The maximum absolute atomic E-state index is 12.5. The lowest BCUT2D eigenvalue weighted by Crippen LogP contribution is -2.41. The number of sulfonamides is 1. The lowest BCUT2D eigenvalue weighted by molar-refractivity contribution is 0.0902. The molecule has 0 amide bonds. The minimum Gasteiger partial charge on any atom is -0.377 e. The summed E-state index contributed by atoms with van der Waals surface area (Å²) in [7, 11) is -3.56. The van der Waals surface area contributed by atoms with Crippen molar-refractivity contribution in [2.24, 2.45) is 0 Å². The van der Waals surface area contributed by atoms with Crippen molar-refractivity contribution >= 4 is 21.6 Å². The van der Waals surface area contributed by atoms with E-state index in [0.29, 0.717) is 17.2 Å². The second-order valence-electron chi connectivity index (χ2n) is 5.33. The molecule has 1 saturated heterocycles. The number of hydrogen-bond donors (Lipinski definition) is 1. The van der Waals surface area contributed by atoms with Gasteiger partial charge in [0, 0.05) is 17.7 Å². The van der Waals surface area contributed by atoms with Gasteiger partial charge in [-0.3, -0.25) is 0 Å². The van der Waals surface area contributed by atoms with E-state index in [2.05, 4.69) is 4.72 Å². The number of hydrogen-bond acceptors (Lipinski definition) is 3. The third kappa shape index (κ3) is 3.34. The van der Waals surface area contributed by atoms with Crippen LogP contribution in [0.4, 0.5) is 0 Å². The van der Waals surface area contributed by atoms with Gasteiger partial charge in [0.25, 0.3) is 0 Å². The molecule has 0 aromatic heterocycles. The van der Waals surface area contributed by atoms with E-state index in [1.165, 1.54) is 0 Å². The van der Waals surface area contributed by atoms with E-state index in [-0.39, 0.29) is 17.0 Å². The lowest BCUT2D eigenvalue weighted by Gasteiger charge is -2.21. The van der Waals surface area contributed by atoms with Crippen LogP contribution in [0.5, 0.6) is 0 Å². The molecule has 1 fully saturated rings. The summed E-state index contributed by atoms with van der Waals surface area (Å²) in [5, 5.41) is 0.577. The first kappa shape index (κ1) is 15.8. The Morgan fingerprint density at radius 2 is 2.05 bits per heavy atom. The van der Waals surface area contributed by atoms with Crippen LogP contribution in [0.3, 0.4) is 0 Å². The molecular formula is C14H20ClNO3S. The number of nitrogens with one attached hydrogen (secondary N) is 1. The zero-order valence-electron chi connectivity index (χ0n) is 11.9. The topological polar surface area (TPSA) is 55.4 Å². The summed E-state index contributed by atoms with van der Waals surface area (Å²) in [6, 6.07) is 3.06. The summed E-state index contributed by atoms with van der Waals surface area (Å²) < 4.78 is 33.2. The van der Waals surface area contributed by atoms with Crippen LogP contribution in [0.15, 0.2) is 17.0 Å². The Hall–Kier alpha value is -0.620. The molecule has 20 heavy (non-hydrogen) atoms. The van der Waals surface area contributed by atoms with Crippen LogP contribution < -0.4 is 4.72 Å². The molecule has 1 N–H and O–H groups in total. The Morgan fingerprint density at radius 1 is 1.35 bits per heavy atom. The Labute approximate surface area is 125 Å². The highest BCUT2D eigenvalue weighted by Crippen LogP contribution is 2.25. The molecule has 2 unspecified atom stereocenters. The van der Waals surface area contributed by atoms with Crippen LogP contribution in [-0.2, 0) is 14.8 Å². The molecule has 0 bridgehead atoms. The molecular weight excluding hydrogens is 298 g/mol. The summed E-state index contributed by atoms with van der Waals surface area (Å²) in [5.41, 5.74) is 1.40. The zero-order valence-corrected chi connectivity index (χ0v) is 13.5. The Kier molecular flexibility index (Phi) is 4.74. The minimum atomic E-state index is -3.56. The van der Waals surface area contributed by atoms with Gasteiger partial charge in [-0.2, -0.15) is 0 Å². The van der Waals surface area contributed by atoms with Crippen LogP contribution >= 0.6 is 11.6 Å². The molecule has 0 radical (unpaired) electrons. The molecule has 1 aromatic rings. The standard InChI is InChI=1S/C14H20ClNO3S/c1-9-8-14(10(2)7-12(9)15)20(17,18)16-11(3)13-5-4-6-19-13/h7-8,11,13,16H,4-6H2,1-3H3. The number of rotatable bonds is 4. The second-order valence-corrected chi connectivity index (χ2v) is 7.42. The van der Waals surface area contributed by atoms with Gasteiger partial charge in [-0.25, -0.2) is 13.1 Å². The minimum absolute atomic E-state index is 0.0431. The first-order valence-corrected chi connectivity index (χ1v) is 8.58. The van der Waals surface area contributed by atoms with Gasteiger partial charge in [0.2, 0.25) is 10.0 Å². The Morgan fingerprint density at radius 3 is 2.65 bits per heavy atom. The lowest BCUT2D eigenvalue weighted by atomic mass is 10.1. The van der Waals surface area contributed by atoms with E-state index < -0.39 is 10.0 Å². The van der Waals surface area contributed by atoms with E-state index in [1.54, 1.807) is 26.0 Å². The maximum atomic E-state index is 12.5. The van der Waals surface area contributed by atoms with Crippen LogP contribution in [0.2, 0.25) is 5.02 Å². The monoisotopic (exact) mass is 317 g/mol. The molecule has 2 atom stereocenters. The molecule has 1 aliphatic heterocycles. The van der Waals surface area contributed by atoms with Crippen molar-refractivity contribution in [2.45, 2.75) is 50.7 Å². The van der Waals surface area contributed by atoms with Gasteiger partial charge in [-0.15, -0.1) is 0 Å². The molecule has 0 aliphatic carbocycles. The molecule has 1 heterocycles. The van der Waals surface area contributed by atoms with Crippen LogP contribution in [-0.4, -0.2) is 27.2 Å². The van der Waals surface area contributed by atoms with Gasteiger partial charge in [0.15, 0.2) is 0 Å². The van der Waals surface area contributed by atoms with Gasteiger partial charge >= 0.3 is 0 Å². The summed E-state index contributed by atoms with van der Waals surface area (Å²) in [6.07, 6.45) is 1.83. The number of aryl methyl sites for hydroxylation is 2. The molecule has 0 spiro atoms. The van der Waals surface area contributed by atoms with Gasteiger partial charge < -0.3 is 4.74 Å². The SMILES string of the molecule is Cc1cc(S(=O)(=O)NC(C)C2CCCO2)c(C)cc1Cl. The van der Waals surface area contributed by atoms with Crippen molar-refractivity contribution in [3.05, 3.63) is 28.3 Å². The first-order chi connectivity index (χ1) is 9.31. The van der Waals surface area contributed by atoms with Crippen molar-refractivity contribution in [1.29, 1.82) is 0 Å². The molecule has 0 saturated carbocycles. The summed E-state index contributed by atoms with van der Waals surface area (Å²) in [5.74, 6) is 0. The zero-order chi connectivity index (χ0) is 14.9. The van der Waals surface area contributed by atoms with Gasteiger partial charge in [-0.05, 0) is 56.9 Å². The van der Waals surface area contributed by atoms with Gasteiger partial charge in [0.05, 0.1) is 11.0 Å². The largest absolute Gasteiger partial charge is 0.377 e. The van der Waals surface area contributed by atoms with E-state index in [1.807, 2.05) is 6.92 Å². The van der Waals surface area contributed by atoms with E-state index in [4.69, 9.17) is 16.3 Å². The van der Waals surface area contributed by atoms with Crippen molar-refractivity contribution < 1.29 is 13.2 Å². The van der Waals surface area contributed by atoms with E-state index in [9.17, 15) is 8.42 Å². The van der Waals surface area contributed by atoms with Crippen molar-refractivity contribution in [1.82, 2.24) is 4.72 Å². The predicted molar refractivity (Wildman–Crippen MR) is 79.7 cm³/mol. The van der Waals surface area contributed by atoms with Crippen LogP contribution in [0, 0.1) is 13.8 Å². The summed E-state index contributed by atoms with van der Waals surface area (Å²) >= 11 is 6.01. The number of ether oxygens (including phenoxy) is 1. The highest BCUT2D eigenvalue weighted by molar-refractivity contribution is 7.89. The normalized spacial score (nSPS) is 21.1. The fraction of sp³-hybridized carbons (Fsp3) is 0.571. The third-order valence-corrected chi connectivity index (χ3v) is 5.72. The fourth-order valence-electron chi connectivity index (χ4n) is 2.42. The average Bonchev–Trinajstić information content (AvgIpc) is 2.86. The van der Waals surface area contributed by atoms with Gasteiger partial charge in [0.1, 0.15) is 0 Å². The summed E-state index contributed by atoms with van der Waals surface area (Å²) in [6.45, 7) is 6.09. The van der Waals surface area contributed by atoms with E-state index >= 15 is 0 Å². The first-order valence-electron chi connectivity index (χ1n) is 6.72. The molecule has 1 aliphatic rings. The molecule has 112 valence electrons. The molecule has 2 rings (SSSR count). The highest BCUT2D eigenvalue weighted by Gasteiger charge is 2.27. The van der Waals surface area contributed by atoms with Crippen molar-refractivity contribution in [2.75, 3.05) is 6.61 Å². The average molecular weight is 318 g/mol. The highest BCUT2D eigenvalue weighted by atomic mass is 35.5. The fourth-order valence-corrected chi connectivity index (χ4v) is 4.23. The Balaban J connectivity index is 2.24. The number of benzene rings is 1. The maximum Gasteiger partial charge on any atom is 0.241 e. The van der Waals surface area contributed by atoms with E-state index in [0.717, 1.165) is 18.4 Å². The predicted octanol–water partition coefficient (Wildman–Crippen LogP) is 2.80. The molecule has 4 nitrogen and oxygen atoms in total. The molecule has 6 heteroatoms. The van der Waals surface area contributed by atoms with Gasteiger partial charge in [-0.1, -0.05) is 11.6 Å².